The van der Waals surface area contributed by atoms with Crippen molar-refractivity contribution in [3.8, 4) is 11.3 Å². The number of aliphatic hydroxyl groups excluding tert-OH is 1. The van der Waals surface area contributed by atoms with Gasteiger partial charge in [0.25, 0.3) is 0 Å². The van der Waals surface area contributed by atoms with Crippen molar-refractivity contribution < 1.29 is 5.11 Å². The monoisotopic (exact) mass is 289 g/mol. The molecule has 1 atom stereocenters. The molecule has 4 nitrogen and oxygen atoms in total. The Morgan fingerprint density at radius 1 is 1.25 bits per heavy atom. The first-order valence-corrected chi connectivity index (χ1v) is 7.04. The largest absolute Gasteiger partial charge is 0.391 e. The number of β-amino-alcohol motifs (C(OH)–C–C–N with tert-alkyl or cyclic N) is 1. The maximum atomic E-state index is 9.63. The summed E-state index contributed by atoms with van der Waals surface area (Å²) in [5.74, 6) is 0.775. The van der Waals surface area contributed by atoms with Crippen molar-refractivity contribution in [1.29, 1.82) is 0 Å². The van der Waals surface area contributed by atoms with Crippen LogP contribution >= 0.6 is 11.6 Å². The van der Waals surface area contributed by atoms with Crippen molar-refractivity contribution in [3.63, 3.8) is 0 Å². The first kappa shape index (κ1) is 13.3. The van der Waals surface area contributed by atoms with Crippen molar-refractivity contribution in [3.05, 3.63) is 41.2 Å². The molecule has 0 bridgehead atoms. The minimum atomic E-state index is -0.286. The third kappa shape index (κ3) is 2.76. The Hall–Kier alpha value is -1.65. The predicted molar refractivity (Wildman–Crippen MR) is 80.1 cm³/mol. The highest BCUT2D eigenvalue weighted by Crippen LogP contribution is 2.26. The van der Waals surface area contributed by atoms with Crippen LogP contribution in [0.15, 0.2) is 30.3 Å². The lowest BCUT2D eigenvalue weighted by atomic mass is 10.1. The molecule has 1 saturated heterocycles. The number of aromatic nitrogens is 2. The van der Waals surface area contributed by atoms with E-state index in [1.165, 1.54) is 5.56 Å². The van der Waals surface area contributed by atoms with Crippen LogP contribution in [0.3, 0.4) is 0 Å². The van der Waals surface area contributed by atoms with Crippen LogP contribution in [0.4, 0.5) is 5.82 Å². The van der Waals surface area contributed by atoms with Gasteiger partial charge >= 0.3 is 0 Å². The predicted octanol–water partition coefficient (Wildman–Crippen LogP) is 2.68. The maximum Gasteiger partial charge on any atom is 0.224 e. The summed E-state index contributed by atoms with van der Waals surface area (Å²) in [4.78, 5) is 10.6. The Kier molecular flexibility index (Phi) is 3.59. The van der Waals surface area contributed by atoms with Crippen LogP contribution in [0.25, 0.3) is 11.3 Å². The second kappa shape index (κ2) is 5.38. The average Bonchev–Trinajstić information content (AvgIpc) is 2.85. The highest BCUT2D eigenvalue weighted by atomic mass is 35.5. The van der Waals surface area contributed by atoms with Crippen molar-refractivity contribution in [2.24, 2.45) is 0 Å². The summed E-state index contributed by atoms with van der Waals surface area (Å²) in [5, 5.41) is 9.86. The first-order valence-electron chi connectivity index (χ1n) is 6.66. The zero-order valence-electron chi connectivity index (χ0n) is 11.3. The SMILES string of the molecule is Cc1ccc(-c2cc(N3CC[C@H](O)C3)nc(Cl)n2)cc1. The molecule has 3 rings (SSSR count). The number of hydrogen-bond acceptors (Lipinski definition) is 4. The Morgan fingerprint density at radius 2 is 2.00 bits per heavy atom. The topological polar surface area (TPSA) is 49.2 Å². The average molecular weight is 290 g/mol. The van der Waals surface area contributed by atoms with Crippen LogP contribution in [0.1, 0.15) is 12.0 Å². The van der Waals surface area contributed by atoms with E-state index in [1.807, 2.05) is 42.2 Å². The Labute approximate surface area is 123 Å². The lowest BCUT2D eigenvalue weighted by Gasteiger charge is -2.17. The summed E-state index contributed by atoms with van der Waals surface area (Å²) >= 11 is 6.03. The number of nitrogens with zero attached hydrogens (tertiary/aromatic N) is 3. The van der Waals surface area contributed by atoms with Crippen molar-refractivity contribution in [1.82, 2.24) is 9.97 Å². The molecule has 0 saturated carbocycles. The summed E-state index contributed by atoms with van der Waals surface area (Å²) in [7, 11) is 0. The van der Waals surface area contributed by atoms with E-state index >= 15 is 0 Å². The summed E-state index contributed by atoms with van der Waals surface area (Å²) in [6.45, 7) is 3.44. The fourth-order valence-electron chi connectivity index (χ4n) is 2.39. The van der Waals surface area contributed by atoms with E-state index in [0.29, 0.717) is 6.54 Å². The molecule has 0 amide bonds. The van der Waals surface area contributed by atoms with E-state index in [4.69, 9.17) is 11.6 Å². The van der Waals surface area contributed by atoms with Gasteiger partial charge in [-0.05, 0) is 24.9 Å². The van der Waals surface area contributed by atoms with Crippen LogP contribution in [-0.2, 0) is 0 Å². The standard InChI is InChI=1S/C15H16ClN3O/c1-10-2-4-11(5-3-10)13-8-14(18-15(16)17-13)19-7-6-12(20)9-19/h2-5,8,12,20H,6-7,9H2,1H3/t12-/m0/s1. The van der Waals surface area contributed by atoms with Gasteiger partial charge in [0.15, 0.2) is 0 Å². The molecule has 2 aromatic rings. The molecule has 0 aliphatic carbocycles. The lowest BCUT2D eigenvalue weighted by Crippen LogP contribution is -2.22. The molecule has 0 spiro atoms. The highest BCUT2D eigenvalue weighted by Gasteiger charge is 2.22. The number of anilines is 1. The quantitative estimate of drug-likeness (QED) is 0.864. The zero-order valence-corrected chi connectivity index (χ0v) is 12.0. The normalized spacial score (nSPS) is 18.6. The minimum absolute atomic E-state index is 0.236. The molecule has 20 heavy (non-hydrogen) atoms. The molecular weight excluding hydrogens is 274 g/mol. The number of aryl methyl sites for hydroxylation is 1. The van der Waals surface area contributed by atoms with Gasteiger partial charge in [-0.3, -0.25) is 0 Å². The van der Waals surface area contributed by atoms with Crippen LogP contribution in [0.2, 0.25) is 5.28 Å². The molecule has 0 radical (unpaired) electrons. The Bertz CT molecular complexity index is 615. The van der Waals surface area contributed by atoms with E-state index in [9.17, 15) is 5.11 Å². The van der Waals surface area contributed by atoms with Crippen molar-refractivity contribution in [2.45, 2.75) is 19.4 Å². The molecule has 1 aliphatic heterocycles. The molecule has 1 aliphatic rings. The van der Waals surface area contributed by atoms with Gasteiger partial charge in [0.2, 0.25) is 5.28 Å². The molecule has 0 unspecified atom stereocenters. The first-order chi connectivity index (χ1) is 9.61. The fourth-order valence-corrected chi connectivity index (χ4v) is 2.57. The molecule has 104 valence electrons. The second-order valence-electron chi connectivity index (χ2n) is 5.13. The maximum absolute atomic E-state index is 9.63. The van der Waals surface area contributed by atoms with E-state index in [0.717, 1.165) is 30.0 Å². The smallest absolute Gasteiger partial charge is 0.224 e. The molecule has 1 aromatic carbocycles. The van der Waals surface area contributed by atoms with E-state index in [2.05, 4.69) is 9.97 Å². The molecule has 5 heteroatoms. The Balaban J connectivity index is 1.96. The summed E-state index contributed by atoms with van der Waals surface area (Å²) in [6, 6.07) is 10.1. The van der Waals surface area contributed by atoms with Crippen LogP contribution < -0.4 is 4.90 Å². The molecule has 1 fully saturated rings. The van der Waals surface area contributed by atoms with Gasteiger partial charge in [0, 0.05) is 24.7 Å². The van der Waals surface area contributed by atoms with E-state index in [1.54, 1.807) is 0 Å². The van der Waals surface area contributed by atoms with Gasteiger partial charge in [-0.15, -0.1) is 0 Å². The molecule has 2 heterocycles. The van der Waals surface area contributed by atoms with Gasteiger partial charge in [0.05, 0.1) is 11.8 Å². The van der Waals surface area contributed by atoms with Crippen LogP contribution in [0.5, 0.6) is 0 Å². The summed E-state index contributed by atoms with van der Waals surface area (Å²) < 4.78 is 0. The van der Waals surface area contributed by atoms with Crippen molar-refractivity contribution >= 4 is 17.4 Å². The number of halogens is 1. The molecular formula is C15H16ClN3O. The Morgan fingerprint density at radius 3 is 2.65 bits per heavy atom. The van der Waals surface area contributed by atoms with Gasteiger partial charge in [-0.2, -0.15) is 0 Å². The molecule has 1 aromatic heterocycles. The van der Waals surface area contributed by atoms with E-state index < -0.39 is 0 Å². The van der Waals surface area contributed by atoms with E-state index in [-0.39, 0.29) is 11.4 Å². The number of hydrogen-bond donors (Lipinski definition) is 1. The van der Waals surface area contributed by atoms with Crippen molar-refractivity contribution in [2.75, 3.05) is 18.0 Å². The van der Waals surface area contributed by atoms with Gasteiger partial charge in [-0.25, -0.2) is 9.97 Å². The molecule has 1 N–H and O–H groups in total. The third-order valence-corrected chi connectivity index (χ3v) is 3.69. The van der Waals surface area contributed by atoms with Gasteiger partial charge < -0.3 is 10.0 Å². The summed E-state index contributed by atoms with van der Waals surface area (Å²) in [6.07, 6.45) is 0.480. The highest BCUT2D eigenvalue weighted by molar-refractivity contribution is 6.28. The van der Waals surface area contributed by atoms with Gasteiger partial charge in [-0.1, -0.05) is 29.8 Å². The number of aliphatic hydroxyl groups is 1. The fraction of sp³-hybridized carbons (Fsp3) is 0.333. The number of benzene rings is 1. The summed E-state index contributed by atoms with van der Waals surface area (Å²) in [5.41, 5.74) is 3.03. The zero-order chi connectivity index (χ0) is 14.1. The van der Waals surface area contributed by atoms with Crippen LogP contribution in [-0.4, -0.2) is 34.3 Å². The number of rotatable bonds is 2. The second-order valence-corrected chi connectivity index (χ2v) is 5.47. The van der Waals surface area contributed by atoms with Crippen LogP contribution in [0, 0.1) is 6.92 Å². The minimum Gasteiger partial charge on any atom is -0.391 e. The lowest BCUT2D eigenvalue weighted by molar-refractivity contribution is 0.198. The van der Waals surface area contributed by atoms with Gasteiger partial charge in [0.1, 0.15) is 5.82 Å². The third-order valence-electron chi connectivity index (χ3n) is 3.52.